The highest BCUT2D eigenvalue weighted by Gasteiger charge is 2.48. The van der Waals surface area contributed by atoms with Crippen LogP contribution in [0.2, 0.25) is 0 Å². The Bertz CT molecular complexity index is 683. The summed E-state index contributed by atoms with van der Waals surface area (Å²) in [7, 11) is 0. The molecule has 1 aromatic rings. The van der Waals surface area contributed by atoms with Crippen LogP contribution in [0.5, 0.6) is 0 Å². The number of rotatable bonds is 3. The van der Waals surface area contributed by atoms with Gasteiger partial charge in [-0.15, -0.1) is 0 Å². The summed E-state index contributed by atoms with van der Waals surface area (Å²) in [6, 6.07) is 0. The van der Waals surface area contributed by atoms with Gasteiger partial charge in [0.1, 0.15) is 5.82 Å². The Balaban J connectivity index is 2.26. The normalized spacial score (nSPS) is 19.0. The monoisotopic (exact) mass is 383 g/mol. The number of carbonyl (C=O) groups is 1. The van der Waals surface area contributed by atoms with Crippen LogP contribution in [0.4, 0.5) is 32.6 Å². The van der Waals surface area contributed by atoms with Crippen LogP contribution in [0.1, 0.15) is 57.7 Å². The quantitative estimate of drug-likeness (QED) is 0.751. The summed E-state index contributed by atoms with van der Waals surface area (Å²) in [6.07, 6.45) is -8.93. The van der Waals surface area contributed by atoms with Crippen molar-refractivity contribution in [1.82, 2.24) is 9.78 Å². The first-order chi connectivity index (χ1) is 11.6. The van der Waals surface area contributed by atoms with Crippen LogP contribution < -0.4 is 5.32 Å². The third-order valence-electron chi connectivity index (χ3n) is 4.24. The fraction of sp³-hybridized carbons (Fsp3) is 0.750. The molecule has 1 amide bonds. The van der Waals surface area contributed by atoms with Gasteiger partial charge in [0.15, 0.2) is 6.10 Å². The molecule has 1 fully saturated rings. The highest BCUT2D eigenvalue weighted by atomic mass is 19.4. The lowest BCUT2D eigenvalue weighted by Crippen LogP contribution is -2.34. The topological polar surface area (TPSA) is 56.2 Å². The maximum absolute atomic E-state index is 13.2. The van der Waals surface area contributed by atoms with Crippen LogP contribution in [-0.4, -0.2) is 34.1 Å². The molecule has 1 atom stereocenters. The van der Waals surface area contributed by atoms with Crippen molar-refractivity contribution in [1.29, 1.82) is 0 Å². The van der Waals surface area contributed by atoms with E-state index in [1.165, 1.54) is 4.68 Å². The van der Waals surface area contributed by atoms with Crippen molar-refractivity contribution in [3.05, 3.63) is 11.3 Å². The lowest BCUT2D eigenvalue weighted by Gasteiger charge is -2.34. The smallest absolute Gasteiger partial charge is 0.425 e. The van der Waals surface area contributed by atoms with Crippen molar-refractivity contribution < 1.29 is 31.5 Å². The summed E-state index contributed by atoms with van der Waals surface area (Å²) < 4.78 is 69.7. The minimum absolute atomic E-state index is 0.141. The molecule has 1 aliphatic carbocycles. The van der Waals surface area contributed by atoms with Gasteiger partial charge in [-0.1, -0.05) is 0 Å². The molecule has 0 saturated heterocycles. The molecule has 1 aliphatic rings. The predicted molar refractivity (Wildman–Crippen MR) is 84.5 cm³/mol. The summed E-state index contributed by atoms with van der Waals surface area (Å²) in [5.74, 6) is -3.06. The van der Waals surface area contributed by atoms with E-state index in [9.17, 15) is 26.7 Å². The zero-order chi connectivity index (χ0) is 20.1. The number of hydrogen-bond acceptors (Lipinski definition) is 3. The van der Waals surface area contributed by atoms with Gasteiger partial charge in [-0.25, -0.2) is 18.3 Å². The average Bonchev–Trinajstić information content (AvgIpc) is 2.72. The molecular weight excluding hydrogens is 361 g/mol. The first-order valence-electron chi connectivity index (χ1n) is 8.14. The van der Waals surface area contributed by atoms with E-state index < -0.39 is 35.8 Å². The molecule has 1 aromatic heterocycles. The van der Waals surface area contributed by atoms with E-state index in [-0.39, 0.29) is 18.7 Å². The standard InChI is InChI=1S/C16H22F5N3O2/c1-8-11(10-6-15(17,18)7-10)23-24(14(3,4)5)12(8)22-13(25)26-9(2)16(19,20)21/h9-10H,6-7H2,1-5H3,(H,22,25)/t9-/m1/s1. The second-order valence-electron chi connectivity index (χ2n) is 7.62. The van der Waals surface area contributed by atoms with E-state index in [0.717, 1.165) is 6.92 Å². The molecule has 148 valence electrons. The van der Waals surface area contributed by atoms with Crippen LogP contribution in [0.25, 0.3) is 0 Å². The van der Waals surface area contributed by atoms with Crippen molar-refractivity contribution in [2.75, 3.05) is 5.32 Å². The molecule has 1 N–H and O–H groups in total. The Kier molecular flexibility index (Phi) is 5.02. The Hall–Kier alpha value is -1.87. The Morgan fingerprint density at radius 3 is 2.27 bits per heavy atom. The summed E-state index contributed by atoms with van der Waals surface area (Å²) in [6.45, 7) is 7.62. The largest absolute Gasteiger partial charge is 0.437 e. The number of carbonyl (C=O) groups excluding carboxylic acids is 1. The van der Waals surface area contributed by atoms with Crippen molar-refractivity contribution in [2.24, 2.45) is 0 Å². The summed E-state index contributed by atoms with van der Waals surface area (Å²) in [4.78, 5) is 11.9. The highest BCUT2D eigenvalue weighted by molar-refractivity contribution is 5.85. The molecule has 0 radical (unpaired) electrons. The second-order valence-corrected chi connectivity index (χ2v) is 7.62. The van der Waals surface area contributed by atoms with Crippen molar-refractivity contribution >= 4 is 11.9 Å². The number of alkyl halides is 5. The number of halogens is 5. The molecule has 0 unspecified atom stereocenters. The number of amides is 1. The van der Waals surface area contributed by atoms with Gasteiger partial charge in [-0.2, -0.15) is 18.3 Å². The minimum atomic E-state index is -4.68. The molecule has 2 rings (SSSR count). The Morgan fingerprint density at radius 1 is 1.31 bits per heavy atom. The molecule has 0 aliphatic heterocycles. The Labute approximate surface area is 147 Å². The van der Waals surface area contributed by atoms with Gasteiger partial charge < -0.3 is 4.74 Å². The van der Waals surface area contributed by atoms with Gasteiger partial charge >= 0.3 is 12.3 Å². The van der Waals surface area contributed by atoms with Crippen LogP contribution in [0.15, 0.2) is 0 Å². The van der Waals surface area contributed by atoms with Gasteiger partial charge in [0.25, 0.3) is 0 Å². The lowest BCUT2D eigenvalue weighted by molar-refractivity contribution is -0.196. The number of hydrogen-bond donors (Lipinski definition) is 1. The summed E-state index contributed by atoms with van der Waals surface area (Å²) in [5.41, 5.74) is 0.218. The van der Waals surface area contributed by atoms with E-state index in [1.807, 2.05) is 0 Å². The van der Waals surface area contributed by atoms with E-state index >= 15 is 0 Å². The maximum atomic E-state index is 13.2. The van der Waals surface area contributed by atoms with Crippen LogP contribution in [0, 0.1) is 6.92 Å². The third-order valence-corrected chi connectivity index (χ3v) is 4.24. The van der Waals surface area contributed by atoms with E-state index in [0.29, 0.717) is 11.3 Å². The van der Waals surface area contributed by atoms with E-state index in [4.69, 9.17) is 0 Å². The molecular formula is C16H22F5N3O2. The first-order valence-corrected chi connectivity index (χ1v) is 8.14. The number of nitrogens with zero attached hydrogens (tertiary/aromatic N) is 2. The third kappa shape index (κ3) is 4.27. The van der Waals surface area contributed by atoms with Gasteiger partial charge in [0.05, 0.1) is 11.2 Å². The molecule has 26 heavy (non-hydrogen) atoms. The number of ether oxygens (including phenoxy) is 1. The van der Waals surface area contributed by atoms with E-state index in [1.54, 1.807) is 27.7 Å². The summed E-state index contributed by atoms with van der Waals surface area (Å²) in [5, 5.41) is 6.62. The molecule has 0 bridgehead atoms. The number of anilines is 1. The van der Waals surface area contributed by atoms with Crippen LogP contribution >= 0.6 is 0 Å². The molecule has 10 heteroatoms. The first kappa shape index (κ1) is 20.4. The summed E-state index contributed by atoms with van der Waals surface area (Å²) >= 11 is 0. The zero-order valence-corrected chi connectivity index (χ0v) is 15.2. The van der Waals surface area contributed by atoms with Gasteiger partial charge in [0, 0.05) is 24.3 Å². The zero-order valence-electron chi connectivity index (χ0n) is 15.2. The molecule has 5 nitrogen and oxygen atoms in total. The fourth-order valence-corrected chi connectivity index (χ4v) is 2.74. The van der Waals surface area contributed by atoms with Crippen LogP contribution in [-0.2, 0) is 10.3 Å². The van der Waals surface area contributed by atoms with Gasteiger partial charge in [-0.05, 0) is 34.6 Å². The second kappa shape index (κ2) is 6.38. The molecule has 1 heterocycles. The predicted octanol–water partition coefficient (Wildman–Crippen LogP) is 4.96. The van der Waals surface area contributed by atoms with Gasteiger partial charge in [-0.3, -0.25) is 5.32 Å². The number of nitrogens with one attached hydrogen (secondary N) is 1. The van der Waals surface area contributed by atoms with Crippen molar-refractivity contribution in [3.63, 3.8) is 0 Å². The highest BCUT2D eigenvalue weighted by Crippen LogP contribution is 2.49. The fourth-order valence-electron chi connectivity index (χ4n) is 2.74. The van der Waals surface area contributed by atoms with Crippen molar-refractivity contribution in [2.45, 2.75) is 77.1 Å². The minimum Gasteiger partial charge on any atom is -0.437 e. The van der Waals surface area contributed by atoms with Crippen LogP contribution in [0.3, 0.4) is 0 Å². The number of aromatic nitrogens is 2. The maximum Gasteiger partial charge on any atom is 0.425 e. The SMILES string of the molecule is Cc1c(C2CC(F)(F)C2)nn(C(C)(C)C)c1NC(=O)O[C@H](C)C(F)(F)F. The van der Waals surface area contributed by atoms with Gasteiger partial charge in [0.2, 0.25) is 5.92 Å². The van der Waals surface area contributed by atoms with E-state index in [2.05, 4.69) is 15.2 Å². The average molecular weight is 383 g/mol. The lowest BCUT2D eigenvalue weighted by atomic mass is 9.78. The van der Waals surface area contributed by atoms with Crippen molar-refractivity contribution in [3.8, 4) is 0 Å². The Morgan fingerprint density at radius 2 is 1.85 bits per heavy atom. The molecule has 0 spiro atoms. The molecule has 1 saturated carbocycles. The molecule has 0 aromatic carbocycles.